The van der Waals surface area contributed by atoms with E-state index in [9.17, 15) is 0 Å². The Morgan fingerprint density at radius 2 is 0.556 bits per heavy atom. The van der Waals surface area contributed by atoms with Crippen molar-refractivity contribution in [1.82, 2.24) is 0 Å². The monoisotopic (exact) mass is 860 g/mol. The molecule has 2 aliphatic rings. The molecule has 0 aliphatic carbocycles. The Morgan fingerprint density at radius 1 is 0.333 bits per heavy atom. The zero-order chi connectivity index (χ0) is 43.4. The molecule has 6 heteroatoms. The van der Waals surface area contributed by atoms with Crippen molar-refractivity contribution in [3.05, 3.63) is 243 Å². The van der Waals surface area contributed by atoms with Gasteiger partial charge in [0.15, 0.2) is 0 Å². The Bertz CT molecular complexity index is 2090. The Morgan fingerprint density at radius 3 is 0.683 bits per heavy atom. The van der Waals surface area contributed by atoms with Gasteiger partial charge in [-0.25, -0.2) is 0 Å². The van der Waals surface area contributed by atoms with Crippen LogP contribution in [0.4, 0.5) is 0 Å². The molecule has 8 aromatic carbocycles. The minimum Gasteiger partial charge on any atom is -0.314 e. The van der Waals surface area contributed by atoms with Gasteiger partial charge in [0.25, 0.3) is 0 Å². The summed E-state index contributed by atoms with van der Waals surface area (Å²) in [5.74, 6) is 4.19. The number of benzene rings is 8. The van der Waals surface area contributed by atoms with Gasteiger partial charge in [0.2, 0.25) is 0 Å². The molecular weight excluding hydrogens is 798 g/mol. The molecule has 2 nitrogen and oxygen atoms in total. The van der Waals surface area contributed by atoms with Crippen molar-refractivity contribution in [3.63, 3.8) is 0 Å². The van der Waals surface area contributed by atoms with Gasteiger partial charge in [-0.05, 0) is 12.0 Å². The molecule has 0 bridgehead atoms. The van der Waals surface area contributed by atoms with E-state index < -0.39 is 12.3 Å². The second-order valence-corrected chi connectivity index (χ2v) is 20.7. The fourth-order valence-corrected chi connectivity index (χ4v) is 12.1. The molecular formula is C57H62B2N2S2. The quantitative estimate of drug-likeness (QED) is 0.152. The molecule has 2 heterocycles. The molecule has 2 unspecified atom stereocenters. The lowest BCUT2D eigenvalue weighted by Crippen LogP contribution is -2.80. The summed E-state index contributed by atoms with van der Waals surface area (Å²) in [6, 6.07) is 87.1. The van der Waals surface area contributed by atoms with Crippen LogP contribution in [0.25, 0.3) is 0 Å². The Balaban J connectivity index is 0.000000147. The highest BCUT2D eigenvalue weighted by Gasteiger charge is 2.32. The van der Waals surface area contributed by atoms with Crippen molar-refractivity contribution in [2.45, 2.75) is 6.92 Å². The second kappa shape index (κ2) is 23.6. The van der Waals surface area contributed by atoms with E-state index in [1.54, 1.807) is 0 Å². The molecule has 0 spiro atoms. The molecule has 0 fully saturated rings. The summed E-state index contributed by atoms with van der Waals surface area (Å²) in [6.07, 6.45) is -0.150. The predicted octanol–water partition coefficient (Wildman–Crippen LogP) is 4.96. The zero-order valence-electron chi connectivity index (χ0n) is 36.9. The van der Waals surface area contributed by atoms with Crippen molar-refractivity contribution in [1.29, 1.82) is 0 Å². The van der Waals surface area contributed by atoms with Crippen LogP contribution < -0.4 is 54.3 Å². The normalized spacial score (nSPS) is 15.4. The van der Waals surface area contributed by atoms with E-state index in [0.29, 0.717) is 21.0 Å². The number of hydrogen-bond donors (Lipinski definition) is 2. The molecule has 8 aromatic rings. The lowest BCUT2D eigenvalue weighted by Gasteiger charge is -2.44. The van der Waals surface area contributed by atoms with Gasteiger partial charge >= 0.3 is 0 Å². The van der Waals surface area contributed by atoms with E-state index in [0.717, 1.165) is 0 Å². The maximum atomic E-state index is 2.36. The fraction of sp³-hybridized carbons (Fsp3) is 0.123. The summed E-state index contributed by atoms with van der Waals surface area (Å²) in [6.45, 7) is 4.91. The lowest BCUT2D eigenvalue weighted by molar-refractivity contribution is -0.518. The van der Waals surface area contributed by atoms with Crippen LogP contribution in [0, 0.1) is 0 Å². The van der Waals surface area contributed by atoms with Gasteiger partial charge in [0.1, 0.15) is 23.3 Å². The molecule has 2 atom stereocenters. The number of quaternary nitrogens is 2. The maximum Gasteiger partial charge on any atom is 0.118 e. The second-order valence-electron chi connectivity index (χ2n) is 16.3. The molecule has 318 valence electrons. The van der Waals surface area contributed by atoms with Gasteiger partial charge in [-0.15, -0.1) is 21.0 Å². The predicted molar refractivity (Wildman–Crippen MR) is 287 cm³/mol. The van der Waals surface area contributed by atoms with Crippen molar-refractivity contribution in [2.75, 3.05) is 36.6 Å². The smallest absolute Gasteiger partial charge is 0.118 e. The van der Waals surface area contributed by atoms with Gasteiger partial charge in [-0.1, -0.05) is 250 Å². The van der Waals surface area contributed by atoms with Gasteiger partial charge in [-0.2, -0.15) is 43.7 Å². The first-order valence-electron chi connectivity index (χ1n) is 22.5. The highest BCUT2D eigenvalue weighted by atomic mass is 32.2. The largest absolute Gasteiger partial charge is 0.314 e. The third-order valence-corrected chi connectivity index (χ3v) is 16.2. The topological polar surface area (TPSA) is 33.2 Å². The Hall–Kier alpha value is -5.75. The standard InChI is InChI=1S/2C24H20B.C5H11NS.C4H9NS/c2*1-5-13-21(14-6-1)25(22-15-7-2-8-16-22,23-17-9-3-10-18-23)24-19-11-4-12-20-24;1-2-7-4-3-6-5-7;1-6-3-2-5-4-6/h2*1-20H;5-6H,2-4H2,1H3;4-5H,2-3H2,1H3/q2*-1;;/p+2. The third kappa shape index (κ3) is 11.1. The van der Waals surface area contributed by atoms with E-state index in [1.807, 2.05) is 0 Å². The highest BCUT2D eigenvalue weighted by Crippen LogP contribution is 2.11. The minimum absolute atomic E-state index is 0.647. The molecule has 0 aromatic heterocycles. The lowest BCUT2D eigenvalue weighted by atomic mass is 9.13. The van der Waals surface area contributed by atoms with Crippen LogP contribution in [-0.4, -0.2) is 59.9 Å². The molecule has 0 saturated carbocycles. The zero-order valence-corrected chi connectivity index (χ0v) is 38.5. The van der Waals surface area contributed by atoms with Crippen LogP contribution in [0.15, 0.2) is 243 Å². The summed E-state index contributed by atoms with van der Waals surface area (Å²) in [4.78, 5) is 0. The van der Waals surface area contributed by atoms with E-state index in [1.165, 1.54) is 74.1 Å². The first kappa shape index (κ1) is 45.3. The number of nitrogens with two attached hydrogens (primary N) is 2. The summed E-state index contributed by atoms with van der Waals surface area (Å²) >= 11 is 0. The molecule has 0 saturated heterocycles. The van der Waals surface area contributed by atoms with Gasteiger partial charge in [0.05, 0.1) is 13.1 Å². The van der Waals surface area contributed by atoms with Crippen molar-refractivity contribution < 1.29 is 10.6 Å². The van der Waals surface area contributed by atoms with E-state index >= 15 is 0 Å². The number of rotatable bonds is 9. The van der Waals surface area contributed by atoms with E-state index in [4.69, 9.17) is 0 Å². The Kier molecular flexibility index (Phi) is 17.0. The maximum absolute atomic E-state index is 2.36. The highest BCUT2D eigenvalue weighted by molar-refractivity contribution is 8.14. The summed E-state index contributed by atoms with van der Waals surface area (Å²) in [5.41, 5.74) is 15.4. The first-order valence-corrected chi connectivity index (χ1v) is 26.0. The fourth-order valence-electron chi connectivity index (χ4n) is 9.53. The van der Waals surface area contributed by atoms with Crippen LogP contribution in [0.3, 0.4) is 0 Å². The van der Waals surface area contributed by atoms with Crippen LogP contribution in [0.1, 0.15) is 6.92 Å². The van der Waals surface area contributed by atoms with Crippen LogP contribution >= 0.6 is 21.0 Å². The van der Waals surface area contributed by atoms with E-state index in [-0.39, 0.29) is 0 Å². The SMILES string of the molecule is CCS1=C[NH2+]CC1.CS1=C[NH2+]CC1.c1ccc([B-](c2ccccc2)(c2ccccc2)c2ccccc2)cc1.c1ccc([B-](c2ccccc2)(c2ccccc2)c2ccccc2)cc1. The van der Waals surface area contributed by atoms with Crippen molar-refractivity contribution in [2.24, 2.45) is 0 Å². The molecule has 2 aliphatic heterocycles. The summed E-state index contributed by atoms with van der Waals surface area (Å²) in [5, 5.41) is 4.57. The third-order valence-electron chi connectivity index (χ3n) is 12.5. The summed E-state index contributed by atoms with van der Waals surface area (Å²) in [7, 11) is 1.33. The number of hydrogen-bond acceptors (Lipinski definition) is 0. The van der Waals surface area contributed by atoms with Crippen molar-refractivity contribution in [3.8, 4) is 0 Å². The molecule has 4 N–H and O–H groups in total. The Labute approximate surface area is 382 Å². The minimum atomic E-state index is -1.22. The van der Waals surface area contributed by atoms with Crippen molar-refractivity contribution >= 4 is 87.9 Å². The molecule has 0 radical (unpaired) electrons. The van der Waals surface area contributed by atoms with Crippen LogP contribution in [0.5, 0.6) is 0 Å². The average Bonchev–Trinajstić information content (AvgIpc) is 4.10. The molecule has 0 amide bonds. The van der Waals surface area contributed by atoms with Gasteiger partial charge in [-0.3, -0.25) is 0 Å². The van der Waals surface area contributed by atoms with Gasteiger partial charge < -0.3 is 10.6 Å². The summed E-state index contributed by atoms with van der Waals surface area (Å²) < 4.78 is 0. The van der Waals surface area contributed by atoms with Crippen LogP contribution in [0.2, 0.25) is 0 Å². The molecule has 63 heavy (non-hydrogen) atoms. The van der Waals surface area contributed by atoms with E-state index in [2.05, 4.69) is 277 Å². The van der Waals surface area contributed by atoms with Gasteiger partial charge in [0, 0.05) is 11.5 Å². The van der Waals surface area contributed by atoms with Crippen LogP contribution in [-0.2, 0) is 0 Å². The first-order chi connectivity index (χ1) is 31.2. The molecule has 10 rings (SSSR count). The average molecular weight is 861 g/mol.